The zero-order valence-electron chi connectivity index (χ0n) is 12.1. The summed E-state index contributed by atoms with van der Waals surface area (Å²) in [6.45, 7) is 5.40. The molecule has 0 aliphatic carbocycles. The molecule has 0 fully saturated rings. The van der Waals surface area contributed by atoms with Gasteiger partial charge in [0.2, 0.25) is 0 Å². The van der Waals surface area contributed by atoms with Gasteiger partial charge in [-0.15, -0.1) is 0 Å². The summed E-state index contributed by atoms with van der Waals surface area (Å²) in [6.07, 6.45) is 0.967. The van der Waals surface area contributed by atoms with E-state index in [1.54, 1.807) is 0 Å². The fourth-order valence-electron chi connectivity index (χ4n) is 2.13. The van der Waals surface area contributed by atoms with Crippen molar-refractivity contribution in [3.05, 3.63) is 30.0 Å². The Bertz CT molecular complexity index is 519. The normalized spacial score (nSPS) is 11.6. The lowest BCUT2D eigenvalue weighted by Crippen LogP contribution is -2.19. The summed E-state index contributed by atoms with van der Waals surface area (Å²) < 4.78 is 7.70. The number of aryl methyl sites for hydroxylation is 1. The number of likely N-dealkylation sites (N-methyl/N-ethyl adjacent to an activating group) is 1. The van der Waals surface area contributed by atoms with E-state index >= 15 is 0 Å². The maximum Gasteiger partial charge on any atom is 0.0700 e. The highest BCUT2D eigenvalue weighted by Gasteiger charge is 2.07. The van der Waals surface area contributed by atoms with Gasteiger partial charge in [0, 0.05) is 11.9 Å². The minimum absolute atomic E-state index is 0.711. The van der Waals surface area contributed by atoms with Gasteiger partial charge in [-0.2, -0.15) is 5.10 Å². The van der Waals surface area contributed by atoms with Crippen molar-refractivity contribution in [1.29, 1.82) is 0 Å². The molecular weight excluding hydrogens is 238 g/mol. The van der Waals surface area contributed by atoms with Crippen LogP contribution in [0, 0.1) is 0 Å². The van der Waals surface area contributed by atoms with Crippen molar-refractivity contribution in [2.24, 2.45) is 0 Å². The van der Waals surface area contributed by atoms with Crippen molar-refractivity contribution in [2.75, 3.05) is 33.9 Å². The number of hydrogen-bond acceptors (Lipinski definition) is 3. The Labute approximate surface area is 115 Å². The fourth-order valence-corrected chi connectivity index (χ4v) is 2.13. The van der Waals surface area contributed by atoms with Crippen LogP contribution in [0.25, 0.3) is 10.9 Å². The number of ether oxygens (including phenoxy) is 1. The highest BCUT2D eigenvalue weighted by atomic mass is 16.5. The Hall–Kier alpha value is -1.39. The van der Waals surface area contributed by atoms with E-state index in [4.69, 9.17) is 4.74 Å². The first-order valence-corrected chi connectivity index (χ1v) is 6.89. The average Bonchev–Trinajstić information content (AvgIpc) is 2.76. The monoisotopic (exact) mass is 261 g/mol. The molecule has 0 amide bonds. The SMILES string of the molecule is CCc1nn(CCOCCN(C)C)c2ccccc12. The molecule has 0 saturated carbocycles. The maximum absolute atomic E-state index is 5.64. The summed E-state index contributed by atoms with van der Waals surface area (Å²) in [7, 11) is 4.11. The molecule has 0 radical (unpaired) electrons. The second kappa shape index (κ2) is 6.68. The highest BCUT2D eigenvalue weighted by Crippen LogP contribution is 2.18. The summed E-state index contributed by atoms with van der Waals surface area (Å²) in [5, 5.41) is 5.93. The molecule has 1 heterocycles. The third kappa shape index (κ3) is 3.55. The lowest BCUT2D eigenvalue weighted by atomic mass is 10.2. The largest absolute Gasteiger partial charge is 0.378 e. The number of benzene rings is 1. The topological polar surface area (TPSA) is 30.3 Å². The predicted molar refractivity (Wildman–Crippen MR) is 78.5 cm³/mol. The van der Waals surface area contributed by atoms with E-state index in [9.17, 15) is 0 Å². The smallest absolute Gasteiger partial charge is 0.0700 e. The first-order valence-electron chi connectivity index (χ1n) is 6.89. The van der Waals surface area contributed by atoms with Crippen molar-refractivity contribution in [2.45, 2.75) is 19.9 Å². The quantitative estimate of drug-likeness (QED) is 0.716. The van der Waals surface area contributed by atoms with Gasteiger partial charge in [-0.3, -0.25) is 4.68 Å². The van der Waals surface area contributed by atoms with E-state index in [0.717, 1.165) is 26.1 Å². The molecule has 104 valence electrons. The van der Waals surface area contributed by atoms with Crippen LogP contribution in [0.2, 0.25) is 0 Å². The van der Waals surface area contributed by atoms with Gasteiger partial charge in [0.15, 0.2) is 0 Å². The van der Waals surface area contributed by atoms with Gasteiger partial charge in [-0.25, -0.2) is 0 Å². The number of fused-ring (bicyclic) bond motifs is 1. The molecule has 4 heteroatoms. The number of nitrogens with zero attached hydrogens (tertiary/aromatic N) is 3. The summed E-state index contributed by atoms with van der Waals surface area (Å²) in [5.74, 6) is 0. The molecule has 0 aliphatic heterocycles. The standard InChI is InChI=1S/C15H23N3O/c1-4-14-13-7-5-6-8-15(13)18(16-14)10-12-19-11-9-17(2)3/h5-8H,4,9-12H2,1-3H3. The predicted octanol–water partition coefficient (Wildman–Crippen LogP) is 2.18. The Morgan fingerprint density at radius 1 is 1.21 bits per heavy atom. The number of rotatable bonds is 7. The maximum atomic E-state index is 5.64. The lowest BCUT2D eigenvalue weighted by molar-refractivity contribution is 0.109. The fraction of sp³-hybridized carbons (Fsp3) is 0.533. The molecule has 0 aliphatic rings. The average molecular weight is 261 g/mol. The summed E-state index contributed by atoms with van der Waals surface area (Å²) in [4.78, 5) is 2.12. The molecule has 4 nitrogen and oxygen atoms in total. The molecule has 19 heavy (non-hydrogen) atoms. The molecule has 0 N–H and O–H groups in total. The van der Waals surface area contributed by atoms with Crippen molar-refractivity contribution < 1.29 is 4.74 Å². The van der Waals surface area contributed by atoms with Gasteiger partial charge in [0.1, 0.15) is 0 Å². The molecule has 2 rings (SSSR count). The van der Waals surface area contributed by atoms with Crippen LogP contribution in [0.15, 0.2) is 24.3 Å². The van der Waals surface area contributed by atoms with E-state index < -0.39 is 0 Å². The summed E-state index contributed by atoms with van der Waals surface area (Å²) in [6, 6.07) is 8.40. The number of para-hydroxylation sites is 1. The molecular formula is C15H23N3O. The van der Waals surface area contributed by atoms with Crippen LogP contribution in [0.4, 0.5) is 0 Å². The molecule has 0 spiro atoms. The van der Waals surface area contributed by atoms with E-state index in [0.29, 0.717) is 6.61 Å². The second-order valence-corrected chi connectivity index (χ2v) is 4.96. The van der Waals surface area contributed by atoms with Crippen LogP contribution in [0.5, 0.6) is 0 Å². The minimum atomic E-state index is 0.711. The molecule has 0 unspecified atom stereocenters. The Balaban J connectivity index is 1.97. The van der Waals surface area contributed by atoms with Gasteiger partial charge in [-0.05, 0) is 26.6 Å². The lowest BCUT2D eigenvalue weighted by Gasteiger charge is -2.10. The van der Waals surface area contributed by atoms with Crippen molar-refractivity contribution in [3.8, 4) is 0 Å². The van der Waals surface area contributed by atoms with E-state index in [1.165, 1.54) is 16.6 Å². The van der Waals surface area contributed by atoms with Gasteiger partial charge in [0.05, 0.1) is 31.0 Å². The van der Waals surface area contributed by atoms with Crippen LogP contribution in [-0.4, -0.2) is 48.5 Å². The number of hydrogen-bond donors (Lipinski definition) is 0. The third-order valence-electron chi connectivity index (χ3n) is 3.20. The van der Waals surface area contributed by atoms with Crippen LogP contribution in [0.3, 0.4) is 0 Å². The minimum Gasteiger partial charge on any atom is -0.378 e. The molecule has 0 atom stereocenters. The molecule has 0 bridgehead atoms. The van der Waals surface area contributed by atoms with Crippen molar-refractivity contribution in [3.63, 3.8) is 0 Å². The molecule has 0 saturated heterocycles. The van der Waals surface area contributed by atoms with Crippen LogP contribution in [-0.2, 0) is 17.7 Å². The zero-order chi connectivity index (χ0) is 13.7. The molecule has 1 aromatic heterocycles. The zero-order valence-corrected chi connectivity index (χ0v) is 12.1. The van der Waals surface area contributed by atoms with E-state index in [-0.39, 0.29) is 0 Å². The molecule has 2 aromatic rings. The van der Waals surface area contributed by atoms with Crippen LogP contribution in [0.1, 0.15) is 12.6 Å². The van der Waals surface area contributed by atoms with Gasteiger partial charge < -0.3 is 9.64 Å². The van der Waals surface area contributed by atoms with Gasteiger partial charge in [0.25, 0.3) is 0 Å². The van der Waals surface area contributed by atoms with Crippen molar-refractivity contribution in [1.82, 2.24) is 14.7 Å². The summed E-state index contributed by atoms with van der Waals surface area (Å²) >= 11 is 0. The Morgan fingerprint density at radius 2 is 2.00 bits per heavy atom. The van der Waals surface area contributed by atoms with Crippen LogP contribution >= 0.6 is 0 Å². The van der Waals surface area contributed by atoms with E-state index in [2.05, 4.69) is 60.0 Å². The number of aromatic nitrogens is 2. The first-order chi connectivity index (χ1) is 9.22. The Morgan fingerprint density at radius 3 is 2.74 bits per heavy atom. The highest BCUT2D eigenvalue weighted by molar-refractivity contribution is 5.81. The van der Waals surface area contributed by atoms with Crippen molar-refractivity contribution >= 4 is 10.9 Å². The first kappa shape index (κ1) is 14.0. The van der Waals surface area contributed by atoms with Crippen LogP contribution < -0.4 is 0 Å². The third-order valence-corrected chi connectivity index (χ3v) is 3.20. The van der Waals surface area contributed by atoms with Gasteiger partial charge in [-0.1, -0.05) is 25.1 Å². The summed E-state index contributed by atoms with van der Waals surface area (Å²) in [5.41, 5.74) is 2.37. The molecule has 1 aromatic carbocycles. The Kier molecular flexibility index (Phi) is 4.93. The van der Waals surface area contributed by atoms with Gasteiger partial charge >= 0.3 is 0 Å². The van der Waals surface area contributed by atoms with E-state index in [1.807, 2.05) is 0 Å². The second-order valence-electron chi connectivity index (χ2n) is 4.96.